The summed E-state index contributed by atoms with van der Waals surface area (Å²) in [6, 6.07) is 7.71. The van der Waals surface area contributed by atoms with Gasteiger partial charge in [0.25, 0.3) is 15.7 Å². The van der Waals surface area contributed by atoms with Gasteiger partial charge >= 0.3 is 0 Å². The molecule has 0 spiro atoms. The Hall–Kier alpha value is -3.34. The predicted molar refractivity (Wildman–Crippen MR) is 105 cm³/mol. The Bertz CT molecular complexity index is 1080. The first kappa shape index (κ1) is 20.4. The minimum absolute atomic E-state index is 0.0762. The second-order valence-electron chi connectivity index (χ2n) is 6.43. The first-order valence-electron chi connectivity index (χ1n) is 8.56. The van der Waals surface area contributed by atoms with Crippen LogP contribution >= 0.6 is 0 Å². The van der Waals surface area contributed by atoms with Crippen molar-refractivity contribution in [3.63, 3.8) is 0 Å². The second kappa shape index (κ2) is 7.59. The van der Waals surface area contributed by atoms with E-state index in [1.165, 1.54) is 49.3 Å². The summed E-state index contributed by atoms with van der Waals surface area (Å²) in [6.07, 6.45) is -0.235. The molecule has 29 heavy (non-hydrogen) atoms. The number of anilines is 2. The molecule has 3 rings (SSSR count). The van der Waals surface area contributed by atoms with E-state index in [-0.39, 0.29) is 40.6 Å². The molecule has 0 bridgehead atoms. The van der Waals surface area contributed by atoms with Gasteiger partial charge in [0.1, 0.15) is 17.6 Å². The van der Waals surface area contributed by atoms with Crippen molar-refractivity contribution in [2.75, 3.05) is 23.3 Å². The first-order valence-corrected chi connectivity index (χ1v) is 10.0. The van der Waals surface area contributed by atoms with Gasteiger partial charge in [0.15, 0.2) is 0 Å². The van der Waals surface area contributed by atoms with E-state index in [0.29, 0.717) is 11.4 Å². The fourth-order valence-electron chi connectivity index (χ4n) is 2.98. The van der Waals surface area contributed by atoms with Crippen LogP contribution in [0.1, 0.15) is 13.8 Å². The fourth-order valence-corrected chi connectivity index (χ4v) is 4.06. The number of rotatable bonds is 5. The summed E-state index contributed by atoms with van der Waals surface area (Å²) in [5, 5.41) is 11.0. The van der Waals surface area contributed by atoms with Crippen molar-refractivity contribution in [1.82, 2.24) is 0 Å². The van der Waals surface area contributed by atoms with E-state index >= 15 is 0 Å². The third-order valence-electron chi connectivity index (χ3n) is 4.32. The summed E-state index contributed by atoms with van der Waals surface area (Å²) in [4.78, 5) is 23.7. The number of carbonyl (C=O) groups excluding carboxylic acids is 1. The molecule has 1 atom stereocenters. The predicted octanol–water partition coefficient (Wildman–Crippen LogP) is 2.54. The lowest BCUT2D eigenvalue weighted by Crippen LogP contribution is -2.41. The van der Waals surface area contributed by atoms with Crippen molar-refractivity contribution in [3.05, 3.63) is 46.5 Å². The number of non-ortho nitro benzene ring substituents is 1. The molecular formula is C18H19N3O7S. The number of amides is 1. The largest absolute Gasteiger partial charge is 0.495 e. The van der Waals surface area contributed by atoms with Gasteiger partial charge in [-0.1, -0.05) is 0 Å². The summed E-state index contributed by atoms with van der Waals surface area (Å²) in [7, 11) is -2.81. The van der Waals surface area contributed by atoms with Gasteiger partial charge in [0, 0.05) is 19.1 Å². The Morgan fingerprint density at radius 1 is 1.31 bits per heavy atom. The molecule has 1 unspecified atom stereocenters. The number of carbonyl (C=O) groups is 1. The monoisotopic (exact) mass is 421 g/mol. The number of methoxy groups -OCH3 is 1. The zero-order chi connectivity index (χ0) is 21.3. The summed E-state index contributed by atoms with van der Waals surface area (Å²) in [5.74, 6) is 0.273. The lowest BCUT2D eigenvalue weighted by Gasteiger charge is -2.33. The van der Waals surface area contributed by atoms with E-state index in [1.807, 2.05) is 0 Å². The van der Waals surface area contributed by atoms with Gasteiger partial charge in [-0.2, -0.15) is 0 Å². The minimum Gasteiger partial charge on any atom is -0.495 e. The Morgan fingerprint density at radius 3 is 2.66 bits per heavy atom. The van der Waals surface area contributed by atoms with Gasteiger partial charge < -0.3 is 14.4 Å². The van der Waals surface area contributed by atoms with E-state index in [1.54, 1.807) is 6.92 Å². The molecule has 0 saturated carbocycles. The number of nitrogens with zero attached hydrogens (tertiary/aromatic N) is 2. The zero-order valence-corrected chi connectivity index (χ0v) is 16.7. The van der Waals surface area contributed by atoms with Gasteiger partial charge in [0.05, 0.1) is 34.8 Å². The quantitative estimate of drug-likeness (QED) is 0.580. The number of benzene rings is 2. The molecule has 0 radical (unpaired) electrons. The molecular weight excluding hydrogens is 402 g/mol. The lowest BCUT2D eigenvalue weighted by atomic mass is 10.2. The molecule has 1 aliphatic heterocycles. The van der Waals surface area contributed by atoms with Gasteiger partial charge in [-0.3, -0.25) is 19.6 Å². The van der Waals surface area contributed by atoms with Gasteiger partial charge in [-0.05, 0) is 31.2 Å². The Labute approximate surface area is 167 Å². The number of hydrogen-bond donors (Lipinski definition) is 1. The molecule has 1 heterocycles. The van der Waals surface area contributed by atoms with E-state index < -0.39 is 14.9 Å². The van der Waals surface area contributed by atoms with Gasteiger partial charge in [-0.15, -0.1) is 0 Å². The zero-order valence-electron chi connectivity index (χ0n) is 15.9. The summed E-state index contributed by atoms with van der Waals surface area (Å²) < 4.78 is 38.9. The van der Waals surface area contributed by atoms with Crippen LogP contribution in [0.4, 0.5) is 17.1 Å². The minimum atomic E-state index is -4.13. The average Bonchev–Trinajstić information content (AvgIpc) is 2.66. The molecule has 1 amide bonds. The first-order chi connectivity index (χ1) is 13.6. The standard InChI is InChI=1S/C18H19N3O7S/c1-11-10-20(12(2)22)16-9-14(5-7-18(16)28-11)29(25,26)19-15-8-13(21(23)24)4-6-17(15)27-3/h4-9,11,19H,10H2,1-3H3. The van der Waals surface area contributed by atoms with Crippen molar-refractivity contribution in [2.24, 2.45) is 0 Å². The number of nitro groups is 1. The van der Waals surface area contributed by atoms with Crippen LogP contribution < -0.4 is 19.1 Å². The average molecular weight is 421 g/mol. The van der Waals surface area contributed by atoms with Gasteiger partial charge in [0.2, 0.25) is 5.91 Å². The molecule has 1 N–H and O–H groups in total. The van der Waals surface area contributed by atoms with E-state index in [9.17, 15) is 23.3 Å². The van der Waals surface area contributed by atoms with E-state index in [0.717, 1.165) is 6.07 Å². The van der Waals surface area contributed by atoms with Crippen LogP contribution in [-0.2, 0) is 14.8 Å². The maximum atomic E-state index is 12.9. The highest BCUT2D eigenvalue weighted by molar-refractivity contribution is 7.92. The summed E-state index contributed by atoms with van der Waals surface area (Å²) in [6.45, 7) is 3.48. The normalized spacial score (nSPS) is 15.8. The molecule has 11 heteroatoms. The maximum absolute atomic E-state index is 12.9. The molecule has 154 valence electrons. The topological polar surface area (TPSA) is 128 Å². The number of fused-ring (bicyclic) bond motifs is 1. The van der Waals surface area contributed by atoms with Crippen molar-refractivity contribution < 1.29 is 27.6 Å². The smallest absolute Gasteiger partial charge is 0.271 e. The molecule has 10 nitrogen and oxygen atoms in total. The SMILES string of the molecule is COc1ccc([N+](=O)[O-])cc1NS(=O)(=O)c1ccc2c(c1)N(C(C)=O)CC(C)O2. The van der Waals surface area contributed by atoms with Crippen molar-refractivity contribution in [2.45, 2.75) is 24.8 Å². The summed E-state index contributed by atoms with van der Waals surface area (Å²) >= 11 is 0. The van der Waals surface area contributed by atoms with E-state index in [2.05, 4.69) is 4.72 Å². The van der Waals surface area contributed by atoms with Crippen LogP contribution in [-0.4, -0.2) is 39.0 Å². The molecule has 2 aromatic rings. The Kier molecular flexibility index (Phi) is 5.33. The number of ether oxygens (including phenoxy) is 2. The van der Waals surface area contributed by atoms with Crippen molar-refractivity contribution >= 4 is 33.0 Å². The number of nitrogens with one attached hydrogen (secondary N) is 1. The van der Waals surface area contributed by atoms with Crippen LogP contribution in [0.2, 0.25) is 0 Å². The Morgan fingerprint density at radius 2 is 2.03 bits per heavy atom. The van der Waals surface area contributed by atoms with Crippen molar-refractivity contribution in [1.29, 1.82) is 0 Å². The molecule has 0 saturated heterocycles. The van der Waals surface area contributed by atoms with Crippen molar-refractivity contribution in [3.8, 4) is 11.5 Å². The third kappa shape index (κ3) is 4.09. The van der Waals surface area contributed by atoms with Crippen LogP contribution in [0.3, 0.4) is 0 Å². The van der Waals surface area contributed by atoms with Crippen LogP contribution in [0.15, 0.2) is 41.3 Å². The highest BCUT2D eigenvalue weighted by Crippen LogP contribution is 2.37. The summed E-state index contributed by atoms with van der Waals surface area (Å²) in [5.41, 5.74) is -0.0312. The van der Waals surface area contributed by atoms with Crippen LogP contribution in [0.5, 0.6) is 11.5 Å². The molecule has 0 aromatic heterocycles. The molecule has 2 aromatic carbocycles. The highest BCUT2D eigenvalue weighted by Gasteiger charge is 2.28. The van der Waals surface area contributed by atoms with Gasteiger partial charge in [-0.25, -0.2) is 8.42 Å². The van der Waals surface area contributed by atoms with E-state index in [4.69, 9.17) is 9.47 Å². The number of nitro benzene ring substituents is 1. The highest BCUT2D eigenvalue weighted by atomic mass is 32.2. The molecule has 1 aliphatic rings. The van der Waals surface area contributed by atoms with Crippen LogP contribution in [0.25, 0.3) is 0 Å². The van der Waals surface area contributed by atoms with Crippen LogP contribution in [0, 0.1) is 10.1 Å². The molecule has 0 aliphatic carbocycles. The number of hydrogen-bond acceptors (Lipinski definition) is 7. The Balaban J connectivity index is 2.01. The third-order valence-corrected chi connectivity index (χ3v) is 5.68. The second-order valence-corrected chi connectivity index (χ2v) is 8.12. The molecule has 0 fully saturated rings. The maximum Gasteiger partial charge on any atom is 0.271 e. The lowest BCUT2D eigenvalue weighted by molar-refractivity contribution is -0.384. The number of sulfonamides is 1. The fraction of sp³-hybridized carbons (Fsp3) is 0.278.